The fourth-order valence-corrected chi connectivity index (χ4v) is 12.5. The van der Waals surface area contributed by atoms with Gasteiger partial charge in [-0.1, -0.05) is 240 Å². The van der Waals surface area contributed by atoms with Crippen molar-refractivity contribution in [2.24, 2.45) is 23.7 Å². The molecule has 14 heteroatoms. The molecule has 2 fully saturated rings. The molecule has 0 N–H and O–H groups in total. The highest BCUT2D eigenvalue weighted by atomic mass is 16.6. The van der Waals surface area contributed by atoms with E-state index in [-0.39, 0.29) is 47.7 Å². The average molecular weight is 1340 g/mol. The van der Waals surface area contributed by atoms with Gasteiger partial charge in [0.1, 0.15) is 26.4 Å². The predicted octanol–water partition coefficient (Wildman–Crippen LogP) is 19.5. The molecule has 4 rings (SSSR count). The van der Waals surface area contributed by atoms with Crippen molar-refractivity contribution < 1.29 is 57.2 Å². The molecule has 0 atom stereocenters. The second-order valence-corrected chi connectivity index (χ2v) is 27.7. The molecular weight excluding hydrogens is 1200 g/mol. The highest BCUT2D eigenvalue weighted by Gasteiger charge is 2.27. The summed E-state index contributed by atoms with van der Waals surface area (Å²) in [6.45, 7) is 10.8. The van der Waals surface area contributed by atoms with Crippen molar-refractivity contribution in [2.45, 2.75) is 297 Å². The van der Waals surface area contributed by atoms with E-state index in [4.69, 9.17) is 28.4 Å². The molecule has 96 heavy (non-hydrogen) atoms. The number of carbonyl (C=O) groups is 6. The zero-order chi connectivity index (χ0) is 69.0. The molecule has 0 aliphatic carbocycles. The lowest BCUT2D eigenvalue weighted by Crippen LogP contribution is -2.34. The molecule has 0 radical (unpaired) electrons. The van der Waals surface area contributed by atoms with Crippen LogP contribution in [0.1, 0.15) is 295 Å². The number of benzene rings is 2. The number of likely N-dealkylation sites (tertiary alicyclic amines) is 2. The van der Waals surface area contributed by atoms with Crippen LogP contribution in [0, 0.1) is 23.7 Å². The minimum absolute atomic E-state index is 0.00759. The maximum Gasteiger partial charge on any atom is 0.309 e. The lowest BCUT2D eigenvalue weighted by atomic mass is 9.94. The number of hydrogen-bond donors (Lipinski definition) is 0. The summed E-state index contributed by atoms with van der Waals surface area (Å²) < 4.78 is 33.2. The van der Waals surface area contributed by atoms with Gasteiger partial charge in [-0.05, 0) is 166 Å². The molecule has 0 unspecified atom stereocenters. The van der Waals surface area contributed by atoms with E-state index in [1.165, 1.54) is 51.4 Å². The normalized spacial score (nSPS) is 14.1. The Bertz CT molecular complexity index is 2170. The summed E-state index contributed by atoms with van der Waals surface area (Å²) in [6, 6.07) is 19.6. The topological polar surface area (TPSA) is 164 Å². The van der Waals surface area contributed by atoms with E-state index in [1.54, 1.807) is 0 Å². The monoisotopic (exact) mass is 1340 g/mol. The van der Waals surface area contributed by atoms with Gasteiger partial charge in [0.2, 0.25) is 0 Å². The van der Waals surface area contributed by atoms with Crippen molar-refractivity contribution in [3.63, 3.8) is 0 Å². The molecule has 2 aliphatic heterocycles. The number of esters is 6. The number of piperidine rings is 2. The second-order valence-electron chi connectivity index (χ2n) is 27.7. The Morgan fingerprint density at radius 3 is 0.979 bits per heavy atom. The lowest BCUT2D eigenvalue weighted by Gasteiger charge is -2.28. The lowest BCUT2D eigenvalue weighted by molar-refractivity contribution is -0.152. The van der Waals surface area contributed by atoms with Crippen LogP contribution in [0.3, 0.4) is 0 Å². The van der Waals surface area contributed by atoms with E-state index >= 15 is 0 Å². The van der Waals surface area contributed by atoms with Crippen LogP contribution in [0.25, 0.3) is 0 Å². The molecule has 0 aromatic heterocycles. The van der Waals surface area contributed by atoms with Gasteiger partial charge >= 0.3 is 35.8 Å². The Morgan fingerprint density at radius 2 is 0.656 bits per heavy atom. The van der Waals surface area contributed by atoms with Crippen LogP contribution < -0.4 is 0 Å². The van der Waals surface area contributed by atoms with Gasteiger partial charge in [-0.2, -0.15) is 0 Å². The van der Waals surface area contributed by atoms with E-state index in [0.29, 0.717) is 77.2 Å². The quantitative estimate of drug-likeness (QED) is 0.0266. The number of unbranched alkanes of at least 4 members (excludes halogenated alkanes) is 24. The summed E-state index contributed by atoms with van der Waals surface area (Å²) in [5.41, 5.74) is 2.03. The number of hydrogen-bond acceptors (Lipinski definition) is 14. The van der Waals surface area contributed by atoms with Crippen molar-refractivity contribution in [1.82, 2.24) is 9.80 Å². The van der Waals surface area contributed by atoms with Crippen LogP contribution in [0.2, 0.25) is 0 Å². The molecule has 2 aromatic rings. The van der Waals surface area contributed by atoms with Gasteiger partial charge in [0, 0.05) is 25.7 Å². The largest absolute Gasteiger partial charge is 0.465 e. The van der Waals surface area contributed by atoms with Gasteiger partial charge in [0.05, 0.1) is 25.0 Å². The molecule has 0 amide bonds. The van der Waals surface area contributed by atoms with Crippen molar-refractivity contribution in [3.8, 4) is 0 Å². The van der Waals surface area contributed by atoms with Crippen molar-refractivity contribution >= 4 is 35.8 Å². The van der Waals surface area contributed by atoms with Gasteiger partial charge in [0.15, 0.2) is 0 Å². The van der Waals surface area contributed by atoms with Gasteiger partial charge in [-0.25, -0.2) is 0 Å². The number of allylic oxidation sites excluding steroid dienone is 2. The van der Waals surface area contributed by atoms with E-state index < -0.39 is 0 Å². The van der Waals surface area contributed by atoms with Gasteiger partial charge in [0.25, 0.3) is 0 Å². The number of nitrogens with zero attached hydrogens (tertiary/aromatic N) is 2. The maximum absolute atomic E-state index is 12.8. The molecule has 544 valence electrons. The maximum atomic E-state index is 12.8. The van der Waals surface area contributed by atoms with Gasteiger partial charge < -0.3 is 38.2 Å². The van der Waals surface area contributed by atoms with Crippen molar-refractivity contribution in [1.29, 1.82) is 0 Å². The Labute approximate surface area is 583 Å². The van der Waals surface area contributed by atoms with Crippen molar-refractivity contribution in [2.75, 3.05) is 66.7 Å². The first-order chi connectivity index (χ1) is 46.9. The molecular formula is C82H134N2O12. The van der Waals surface area contributed by atoms with E-state index in [9.17, 15) is 28.8 Å². The fourth-order valence-electron chi connectivity index (χ4n) is 12.5. The summed E-state index contributed by atoms with van der Waals surface area (Å²) in [4.78, 5) is 78.3. The summed E-state index contributed by atoms with van der Waals surface area (Å²) in [6.07, 6.45) is 51.2. The summed E-state index contributed by atoms with van der Waals surface area (Å²) in [5.74, 6) is 0.399. The van der Waals surface area contributed by atoms with Crippen LogP contribution in [0.5, 0.6) is 0 Å². The second kappa shape index (κ2) is 59.7. The molecule has 2 aromatic carbocycles. The first-order valence-corrected chi connectivity index (χ1v) is 38.7. The molecule has 14 nitrogen and oxygen atoms in total. The number of carbonyl (C=O) groups excluding carboxylic acids is 6. The number of rotatable bonds is 56. The predicted molar refractivity (Wildman–Crippen MR) is 389 cm³/mol. The highest BCUT2D eigenvalue weighted by molar-refractivity contribution is 5.73. The Hall–Kier alpha value is -5.34. The van der Waals surface area contributed by atoms with Crippen LogP contribution in [0.4, 0.5) is 0 Å². The third kappa shape index (κ3) is 48.4. The molecule has 0 bridgehead atoms. The first kappa shape index (κ1) is 84.9. The van der Waals surface area contributed by atoms with Crippen LogP contribution in [-0.4, -0.2) is 112 Å². The number of ether oxygens (including phenoxy) is 6. The summed E-state index contributed by atoms with van der Waals surface area (Å²) in [5, 5.41) is 0. The SMILES string of the molecule is CCCCCC/C=C\COC(=O)CCCCCCCC(CCCCCCCC(=O)OC/C=C\CCCCCC)COC(=O)C1CCN(C)CC1.CN1CCC(C(=O)OCC(CCCCCCCC(=O)OCc2ccccc2)CCCCCCCC(=O)OCc2ccccc2)CC1. The summed E-state index contributed by atoms with van der Waals surface area (Å²) >= 11 is 0. The zero-order valence-corrected chi connectivity index (χ0v) is 61.0. The third-order valence-corrected chi connectivity index (χ3v) is 18.9. The van der Waals surface area contributed by atoms with Crippen LogP contribution in [0.15, 0.2) is 85.0 Å². The van der Waals surface area contributed by atoms with Crippen molar-refractivity contribution in [3.05, 3.63) is 96.1 Å². The Balaban J connectivity index is 0.000000502. The summed E-state index contributed by atoms with van der Waals surface area (Å²) in [7, 11) is 4.22. The molecule has 2 aliphatic rings. The fraction of sp³-hybridized carbons (Fsp3) is 0.732. The molecule has 0 saturated carbocycles. The highest BCUT2D eigenvalue weighted by Crippen LogP contribution is 2.25. The minimum atomic E-state index is -0.127. The standard InChI is InChI=1S/C43H77NO6.C39H57NO6/c1-4-6-8-10-12-20-26-36-48-41(45)30-24-18-14-16-22-28-39(38-50-43(47)40-32-34-44(3)35-33-40)29-23-17-15-19-25-31-42(46)49-37-27-21-13-11-9-7-5-2;1-40-28-26-36(27-29-40)39(43)46-32-35(18-10-4-2-6-16-24-37(41)44-30-33-20-12-8-13-21-33)19-11-5-3-7-17-25-38(42)45-31-34-22-14-9-15-23-34/h20-21,26-27,39-40H,4-19,22-25,28-38H2,1-3H3;8-9,12-15,20-23,35-36H,2-7,10-11,16-19,24-32H2,1H3/b26-20-,27-21-;. The Kier molecular flexibility index (Phi) is 52.8. The minimum Gasteiger partial charge on any atom is -0.465 e. The average Bonchev–Trinajstić information content (AvgIpc) is 1.50. The Morgan fingerprint density at radius 1 is 0.365 bits per heavy atom. The molecule has 2 saturated heterocycles. The third-order valence-electron chi connectivity index (χ3n) is 18.9. The van der Waals surface area contributed by atoms with Crippen LogP contribution >= 0.6 is 0 Å². The van der Waals surface area contributed by atoms with Crippen LogP contribution in [-0.2, 0) is 70.4 Å². The van der Waals surface area contributed by atoms with Gasteiger partial charge in [-0.15, -0.1) is 0 Å². The van der Waals surface area contributed by atoms with E-state index in [1.807, 2.05) is 72.8 Å². The molecule has 0 spiro atoms. The smallest absolute Gasteiger partial charge is 0.309 e. The van der Waals surface area contributed by atoms with Gasteiger partial charge in [-0.3, -0.25) is 28.8 Å². The molecule has 2 heterocycles. The first-order valence-electron chi connectivity index (χ1n) is 38.7. The van der Waals surface area contributed by atoms with E-state index in [0.717, 1.165) is 230 Å². The zero-order valence-electron chi connectivity index (χ0n) is 61.0. The van der Waals surface area contributed by atoms with E-state index in [2.05, 4.69) is 49.9 Å².